The van der Waals surface area contributed by atoms with Gasteiger partial charge in [-0.05, 0) is 109 Å². The van der Waals surface area contributed by atoms with Crippen molar-refractivity contribution in [3.8, 4) is 57.1 Å². The molecule has 33 nitrogen and oxygen atoms in total. The third kappa shape index (κ3) is 17.3. The zero-order valence-electron chi connectivity index (χ0n) is 54.6. The molecule has 546 valence electrons. The molecule has 2 fully saturated rings. The summed E-state index contributed by atoms with van der Waals surface area (Å²) in [6.07, 6.45) is -20.8. The van der Waals surface area contributed by atoms with Crippen molar-refractivity contribution in [2.45, 2.75) is 163 Å². The highest BCUT2D eigenvalue weighted by atomic mass is 35.5. The maximum atomic E-state index is 14.6. The highest BCUT2D eigenvalue weighted by Gasteiger charge is 2.51. The lowest BCUT2D eigenvalue weighted by atomic mass is 9.86. The average Bonchev–Trinajstić information content (AvgIpc) is 0.776. The lowest BCUT2D eigenvalue weighted by Crippen LogP contribution is -2.64. The van der Waals surface area contributed by atoms with E-state index in [-0.39, 0.29) is 62.9 Å². The zero-order chi connectivity index (χ0) is 74.0. The molecule has 2 saturated heterocycles. The molecule has 0 spiro atoms. The minimum Gasteiger partial charge on any atom is -0.872 e. The topological polar surface area (TPSA) is 550 Å². The number of likely N-dealkylation sites (N-methyl/N-ethyl adjacent to an activating group) is 1. The zero-order valence-corrected chi connectivity index (χ0v) is 56.1. The summed E-state index contributed by atoms with van der Waals surface area (Å²) in [5.41, 5.74) is 15.2. The fourth-order valence-electron chi connectivity index (χ4n) is 12.2. The second kappa shape index (κ2) is 31.6. The van der Waals surface area contributed by atoms with E-state index >= 15 is 0 Å². The molecule has 6 amide bonds. The SMILES string of the molecule is CN[C@H](CC(C)C)C(=O)NC1C(=O)N[C@@H](CC(N)=O)C(=O)N[C@@H](C(N)=O)c2cc(c(OC3O[C@H](CO)[C@@H](O)[C@H](O)[C@H]3O[C@H]3C[C@](C)(N)[C@H](O)[C@H](C)O3)c(Oc3ccc([C@@H](O)[C@@H]4NC(=O)Cc5ccc([O-])c(c5)-c5c(O)cc(O)cc5[C@@H](C(=O)O)N[C@@H]4O)cc3Cl)c2)Oc2ccc(cc2Cl)[C@H]1O. The highest BCUT2D eigenvalue weighted by Crippen LogP contribution is 2.49. The number of aliphatic carboxylic acids is 1. The normalized spacial score (nSPS) is 28.5. The summed E-state index contributed by atoms with van der Waals surface area (Å²) in [7, 11) is 1.49. The van der Waals surface area contributed by atoms with Gasteiger partial charge in [0.05, 0.1) is 53.8 Å². The molecule has 22 N–H and O–H groups in total. The van der Waals surface area contributed by atoms with Gasteiger partial charge in [0.1, 0.15) is 83.9 Å². The Hall–Kier alpha value is -8.75. The molecule has 5 aromatic carbocycles. The number of fused-ring (bicyclic) bond motifs is 13. The van der Waals surface area contributed by atoms with Crippen LogP contribution in [0.1, 0.15) is 99.1 Å². The molecule has 5 heterocycles. The number of aliphatic hydroxyl groups excluding tert-OH is 7. The van der Waals surface area contributed by atoms with Crippen molar-refractivity contribution in [2.75, 3.05) is 13.7 Å². The number of hydrogen-bond donors (Lipinski definition) is 19. The number of amides is 6. The Morgan fingerprint density at radius 2 is 1.56 bits per heavy atom. The van der Waals surface area contributed by atoms with Crippen LogP contribution in [0, 0.1) is 5.92 Å². The summed E-state index contributed by atoms with van der Waals surface area (Å²) in [6.45, 7) is 5.70. The summed E-state index contributed by atoms with van der Waals surface area (Å²) >= 11 is 14.0. The number of ether oxygens (including phenoxy) is 6. The van der Waals surface area contributed by atoms with Crippen LogP contribution < -0.4 is 68.4 Å². The van der Waals surface area contributed by atoms with Crippen molar-refractivity contribution in [1.29, 1.82) is 0 Å². The molecule has 6 bridgehead atoms. The summed E-state index contributed by atoms with van der Waals surface area (Å²) in [5.74, 6) is -13.1. The molecule has 5 aliphatic rings. The van der Waals surface area contributed by atoms with Crippen molar-refractivity contribution in [2.24, 2.45) is 23.1 Å². The van der Waals surface area contributed by atoms with E-state index in [4.69, 9.17) is 68.8 Å². The smallest absolute Gasteiger partial charge is 0.325 e. The first-order valence-corrected chi connectivity index (χ1v) is 32.4. The Labute approximate surface area is 585 Å². The number of aliphatic hydroxyl groups is 7. The number of phenolic OH excluding ortho intramolecular Hbond substituents is 2. The number of nitrogens with two attached hydrogens (primary N) is 3. The van der Waals surface area contributed by atoms with Crippen LogP contribution in [0.2, 0.25) is 10.0 Å². The van der Waals surface area contributed by atoms with E-state index in [1.165, 1.54) is 45.2 Å². The Morgan fingerprint density at radius 3 is 2.20 bits per heavy atom. The first-order chi connectivity index (χ1) is 47.6. The number of carboxylic acid groups (broad SMARTS) is 1. The standard InChI is InChI=1S/C66H79Cl2N9O24/c1-24(2)12-35(72-5)60(90)77-51-53(85)28-8-11-40(34(68)16-28)98-42-18-29(48(59(70)89)75-61(91)36(21-44(69)82)73-62(51)92)17-41(56(42)101-65-57(55(87)54(86)43(23-78)99-65)100-46-22-66(4,71)58(88)25(3)96-46)97-39-10-7-27(15-33(39)67)52(84)50-63(93)76-49(64(94)95)32-19-30(79)20-38(81)47(32)31-13-26(6-9-37(31)80)14-45(83)74-50/h6-11,13,15-20,24-25,35-36,43,46,48-55,57-58,63,65,72,76,78-81,84-88,93H,12,14,21-23,71H2,1-5H3,(H2,69,82)(H2,70,89)(H,73,92)(H,74,83)(H,75,91)(H,77,90)(H,94,95)/p-1/t25-,35+,36-,43+,46-,48+,49-,50-,51?,52+,53+,54+,55-,57+,58+,63+,65?,66-/m0/s1. The molecule has 5 aromatic rings. The summed E-state index contributed by atoms with van der Waals surface area (Å²) in [4.78, 5) is 96.5. The van der Waals surface area contributed by atoms with Crippen LogP contribution in [0.5, 0.6) is 46.0 Å². The molecule has 18 atom stereocenters. The largest absolute Gasteiger partial charge is 0.872 e. The minimum atomic E-state index is -2.24. The molecular weight excluding hydrogens is 1370 g/mol. The van der Waals surface area contributed by atoms with Gasteiger partial charge in [0.2, 0.25) is 47.5 Å². The summed E-state index contributed by atoms with van der Waals surface area (Å²) < 4.78 is 38.0. The Morgan fingerprint density at radius 1 is 0.842 bits per heavy atom. The van der Waals surface area contributed by atoms with Gasteiger partial charge in [0.25, 0.3) is 0 Å². The fourth-order valence-corrected chi connectivity index (χ4v) is 12.7. The van der Waals surface area contributed by atoms with Crippen molar-refractivity contribution in [1.82, 2.24) is 31.9 Å². The third-order valence-electron chi connectivity index (χ3n) is 17.5. The number of carbonyl (C=O) groups excluding carboxylic acids is 6. The third-order valence-corrected chi connectivity index (χ3v) is 18.1. The number of aromatic hydroxyl groups is 2. The maximum Gasteiger partial charge on any atom is 0.325 e. The molecule has 10 rings (SSSR count). The van der Waals surface area contributed by atoms with Crippen LogP contribution in [0.15, 0.2) is 78.9 Å². The number of hydrogen-bond acceptors (Lipinski definition) is 26. The van der Waals surface area contributed by atoms with E-state index in [0.29, 0.717) is 0 Å². The number of carboxylic acids is 1. The number of halogens is 2. The Bertz CT molecular complexity index is 3970. The number of carbonyl (C=O) groups is 7. The lowest BCUT2D eigenvalue weighted by Gasteiger charge is -2.47. The van der Waals surface area contributed by atoms with E-state index in [1.807, 2.05) is 13.8 Å². The van der Waals surface area contributed by atoms with Crippen molar-refractivity contribution < 1.29 is 118 Å². The molecule has 0 aromatic heterocycles. The van der Waals surface area contributed by atoms with E-state index < -0.39 is 221 Å². The maximum absolute atomic E-state index is 14.6. The van der Waals surface area contributed by atoms with Crippen LogP contribution >= 0.6 is 23.2 Å². The number of benzene rings is 5. The van der Waals surface area contributed by atoms with Gasteiger partial charge in [-0.25, -0.2) is 0 Å². The molecule has 0 saturated carbocycles. The predicted molar refractivity (Wildman–Crippen MR) is 350 cm³/mol. The van der Waals surface area contributed by atoms with Crippen molar-refractivity contribution in [3.05, 3.63) is 117 Å². The molecule has 0 radical (unpaired) electrons. The van der Waals surface area contributed by atoms with Gasteiger partial charge in [0.15, 0.2) is 23.9 Å². The van der Waals surface area contributed by atoms with Gasteiger partial charge in [-0.1, -0.05) is 67.4 Å². The van der Waals surface area contributed by atoms with Gasteiger partial charge < -0.3 is 128 Å². The number of phenols is 2. The van der Waals surface area contributed by atoms with E-state index in [9.17, 15) is 89.7 Å². The quantitative estimate of drug-likeness (QED) is 0.0507. The van der Waals surface area contributed by atoms with E-state index in [0.717, 1.165) is 54.6 Å². The van der Waals surface area contributed by atoms with Crippen LogP contribution in [0.25, 0.3) is 11.1 Å². The van der Waals surface area contributed by atoms with E-state index in [1.54, 1.807) is 0 Å². The predicted octanol–water partition coefficient (Wildman–Crippen LogP) is -0.877. The number of primary amides is 2. The average molecular weight is 1450 g/mol. The van der Waals surface area contributed by atoms with Crippen molar-refractivity contribution >= 4 is 64.6 Å². The molecule has 35 heteroatoms. The van der Waals surface area contributed by atoms with Crippen molar-refractivity contribution in [3.63, 3.8) is 0 Å². The summed E-state index contributed by atoms with van der Waals surface area (Å²) in [6, 6.07) is 3.45. The summed E-state index contributed by atoms with van der Waals surface area (Å²) in [5, 5.41) is 141. The van der Waals surface area contributed by atoms with Crippen LogP contribution in [-0.2, 0) is 54.2 Å². The van der Waals surface area contributed by atoms with Crippen LogP contribution in [0.3, 0.4) is 0 Å². The van der Waals surface area contributed by atoms with E-state index in [2.05, 4.69) is 31.9 Å². The Balaban J connectivity index is 1.19. The number of nitrogens with one attached hydrogen (secondary N) is 6. The molecule has 0 aliphatic carbocycles. The van der Waals surface area contributed by atoms with Gasteiger partial charge >= 0.3 is 5.97 Å². The molecule has 2 unspecified atom stereocenters. The molecule has 101 heavy (non-hydrogen) atoms. The first-order valence-electron chi connectivity index (χ1n) is 31.6. The minimum absolute atomic E-state index is 0.0545. The second-order valence-electron chi connectivity index (χ2n) is 25.6. The van der Waals surface area contributed by atoms with Gasteiger partial charge in [-0.15, -0.1) is 5.75 Å². The number of rotatable bonds is 18. The van der Waals surface area contributed by atoms with Gasteiger partial charge in [-0.2, -0.15) is 0 Å². The first kappa shape index (κ1) is 76.4. The second-order valence-corrected chi connectivity index (χ2v) is 26.4. The monoisotopic (exact) mass is 1450 g/mol. The highest BCUT2D eigenvalue weighted by molar-refractivity contribution is 6.32. The lowest BCUT2D eigenvalue weighted by molar-refractivity contribution is -0.333. The molecule has 5 aliphatic heterocycles. The molecular formula is C66H78Cl2N9O24-. The Kier molecular flexibility index (Phi) is 23.9. The van der Waals surface area contributed by atoms with Gasteiger partial charge in [-0.3, -0.25) is 38.9 Å². The fraction of sp³-hybridized carbons (Fsp3) is 0.439. The van der Waals surface area contributed by atoms with Crippen LogP contribution in [-0.4, -0.2) is 191 Å². The van der Waals surface area contributed by atoms with Gasteiger partial charge in [0, 0.05) is 23.6 Å². The van der Waals surface area contributed by atoms with Crippen LogP contribution in [0.4, 0.5) is 0 Å².